The Kier molecular flexibility index (Phi) is 3.79. The second-order valence-electron chi connectivity index (χ2n) is 6.09. The molecule has 3 heteroatoms. The molecule has 20 heavy (non-hydrogen) atoms. The van der Waals surface area contributed by atoms with E-state index in [1.807, 2.05) is 31.3 Å². The summed E-state index contributed by atoms with van der Waals surface area (Å²) >= 11 is 0. The van der Waals surface area contributed by atoms with Crippen LogP contribution < -0.4 is 0 Å². The number of para-hydroxylation sites is 1. The highest BCUT2D eigenvalue weighted by atomic mass is 16.5. The number of nitrogens with zero attached hydrogens (tertiary/aromatic N) is 1. The average molecular weight is 273 g/mol. The normalized spacial score (nSPS) is 32.3. The van der Waals surface area contributed by atoms with Crippen LogP contribution in [0.4, 0.5) is 0 Å². The Hall–Kier alpha value is -1.35. The van der Waals surface area contributed by atoms with Gasteiger partial charge in [-0.1, -0.05) is 12.1 Å². The molecule has 2 bridgehead atoms. The molecule has 2 aliphatic rings. The van der Waals surface area contributed by atoms with Crippen LogP contribution in [0.2, 0.25) is 0 Å². The Morgan fingerprint density at radius 1 is 1.35 bits per heavy atom. The number of hydrogen-bond acceptors (Lipinski definition) is 3. The largest absolute Gasteiger partial charge is 0.507 e. The monoisotopic (exact) mass is 273 g/mol. The van der Waals surface area contributed by atoms with Crippen molar-refractivity contribution in [3.8, 4) is 5.75 Å². The maximum absolute atomic E-state index is 10.0. The Morgan fingerprint density at radius 3 is 2.95 bits per heavy atom. The van der Waals surface area contributed by atoms with Crippen molar-refractivity contribution in [1.82, 2.24) is 0 Å². The Labute approximate surface area is 120 Å². The van der Waals surface area contributed by atoms with E-state index in [4.69, 9.17) is 9.73 Å². The number of rotatable bonds is 4. The van der Waals surface area contributed by atoms with Crippen LogP contribution >= 0.6 is 0 Å². The van der Waals surface area contributed by atoms with E-state index < -0.39 is 0 Å². The molecule has 0 saturated heterocycles. The summed E-state index contributed by atoms with van der Waals surface area (Å²) in [5, 5.41) is 10.0. The van der Waals surface area contributed by atoms with Crippen molar-refractivity contribution in [1.29, 1.82) is 0 Å². The van der Waals surface area contributed by atoms with Crippen LogP contribution in [-0.2, 0) is 4.74 Å². The van der Waals surface area contributed by atoms with Gasteiger partial charge in [0.25, 0.3) is 0 Å². The van der Waals surface area contributed by atoms with Crippen molar-refractivity contribution >= 4 is 6.21 Å². The highest BCUT2D eigenvalue weighted by molar-refractivity contribution is 5.84. The summed E-state index contributed by atoms with van der Waals surface area (Å²) in [6.45, 7) is 4.77. The van der Waals surface area contributed by atoms with Gasteiger partial charge in [-0.25, -0.2) is 0 Å². The maximum atomic E-state index is 10.0. The molecule has 0 heterocycles. The quantitative estimate of drug-likeness (QED) is 0.855. The summed E-state index contributed by atoms with van der Waals surface area (Å²) in [4.78, 5) is 4.75. The number of hydrogen-bond donors (Lipinski definition) is 1. The third kappa shape index (κ3) is 2.47. The number of phenols is 1. The predicted octanol–water partition coefficient (Wildman–Crippen LogP) is 3.32. The third-order valence-corrected chi connectivity index (χ3v) is 4.77. The van der Waals surface area contributed by atoms with Crippen LogP contribution in [0.3, 0.4) is 0 Å². The summed E-state index contributed by atoms with van der Waals surface area (Å²) in [7, 11) is 0. The Morgan fingerprint density at radius 2 is 2.20 bits per heavy atom. The number of aryl methyl sites for hydroxylation is 1. The lowest BCUT2D eigenvalue weighted by Gasteiger charge is -2.26. The van der Waals surface area contributed by atoms with Gasteiger partial charge in [-0.3, -0.25) is 4.99 Å². The second kappa shape index (κ2) is 5.57. The van der Waals surface area contributed by atoms with E-state index in [2.05, 4.69) is 6.92 Å². The van der Waals surface area contributed by atoms with E-state index in [1.54, 1.807) is 0 Å². The van der Waals surface area contributed by atoms with Crippen molar-refractivity contribution in [3.63, 3.8) is 0 Å². The summed E-state index contributed by atoms with van der Waals surface area (Å²) in [6, 6.07) is 6.15. The second-order valence-corrected chi connectivity index (χ2v) is 6.09. The fourth-order valence-corrected chi connectivity index (χ4v) is 3.79. The van der Waals surface area contributed by atoms with Crippen LogP contribution in [0.1, 0.15) is 37.3 Å². The highest BCUT2D eigenvalue weighted by Crippen LogP contribution is 2.47. The van der Waals surface area contributed by atoms with Gasteiger partial charge in [-0.05, 0) is 50.7 Å². The third-order valence-electron chi connectivity index (χ3n) is 4.77. The standard InChI is InChI=1S/C17H23NO2/c1-3-20-16-9-12-7-14(16)15(8-12)18-10-13-6-4-5-11(2)17(13)19/h4-6,10,12,14-16,19H,3,7-9H2,1-2H3. The van der Waals surface area contributed by atoms with Crippen molar-refractivity contribution in [3.05, 3.63) is 29.3 Å². The smallest absolute Gasteiger partial charge is 0.127 e. The molecule has 4 unspecified atom stereocenters. The minimum atomic E-state index is 0.348. The maximum Gasteiger partial charge on any atom is 0.127 e. The molecule has 4 atom stereocenters. The number of benzene rings is 1. The Balaban J connectivity index is 1.72. The van der Waals surface area contributed by atoms with E-state index in [0.29, 0.717) is 23.8 Å². The molecule has 0 aromatic heterocycles. The molecule has 2 fully saturated rings. The first kappa shape index (κ1) is 13.6. The molecule has 3 rings (SSSR count). The molecule has 3 nitrogen and oxygen atoms in total. The van der Waals surface area contributed by atoms with E-state index in [1.165, 1.54) is 19.3 Å². The van der Waals surface area contributed by atoms with E-state index in [-0.39, 0.29) is 0 Å². The fraction of sp³-hybridized carbons (Fsp3) is 0.588. The molecule has 0 radical (unpaired) electrons. The van der Waals surface area contributed by atoms with Crippen molar-refractivity contribution in [2.45, 2.75) is 45.3 Å². The van der Waals surface area contributed by atoms with Gasteiger partial charge in [-0.2, -0.15) is 0 Å². The van der Waals surface area contributed by atoms with E-state index in [9.17, 15) is 5.11 Å². The van der Waals surface area contributed by atoms with E-state index in [0.717, 1.165) is 23.7 Å². The van der Waals surface area contributed by atoms with Gasteiger partial charge in [0.2, 0.25) is 0 Å². The van der Waals surface area contributed by atoms with Crippen LogP contribution in [0.15, 0.2) is 23.2 Å². The molecule has 2 aliphatic carbocycles. The van der Waals surface area contributed by atoms with Crippen molar-refractivity contribution < 1.29 is 9.84 Å². The van der Waals surface area contributed by atoms with Gasteiger partial charge < -0.3 is 9.84 Å². The molecular weight excluding hydrogens is 250 g/mol. The first-order chi connectivity index (χ1) is 9.69. The SMILES string of the molecule is CCOC1CC2CC(N=Cc3cccc(C)c3O)C1C2. The summed E-state index contributed by atoms with van der Waals surface area (Å²) in [5.41, 5.74) is 1.72. The zero-order chi connectivity index (χ0) is 14.1. The van der Waals surface area contributed by atoms with Crippen molar-refractivity contribution in [2.24, 2.45) is 16.8 Å². The number of aromatic hydroxyl groups is 1. The predicted molar refractivity (Wildman–Crippen MR) is 80.5 cm³/mol. The lowest BCUT2D eigenvalue weighted by molar-refractivity contribution is 0.0188. The molecule has 1 aromatic carbocycles. The molecule has 1 N–H and O–H groups in total. The van der Waals surface area contributed by atoms with Gasteiger partial charge in [0, 0.05) is 24.3 Å². The summed E-state index contributed by atoms with van der Waals surface area (Å²) < 4.78 is 5.84. The van der Waals surface area contributed by atoms with E-state index >= 15 is 0 Å². The highest BCUT2D eigenvalue weighted by Gasteiger charge is 2.46. The van der Waals surface area contributed by atoms with Crippen LogP contribution in [-0.4, -0.2) is 30.1 Å². The minimum absolute atomic E-state index is 0.348. The van der Waals surface area contributed by atoms with Crippen LogP contribution in [0, 0.1) is 18.8 Å². The van der Waals surface area contributed by atoms with Gasteiger partial charge in [-0.15, -0.1) is 0 Å². The number of phenolic OH excluding ortho intramolecular Hbond substituents is 1. The molecule has 2 saturated carbocycles. The molecule has 108 valence electrons. The minimum Gasteiger partial charge on any atom is -0.507 e. The van der Waals surface area contributed by atoms with Gasteiger partial charge in [0.1, 0.15) is 5.75 Å². The molecular formula is C17H23NO2. The molecule has 1 aromatic rings. The summed E-state index contributed by atoms with van der Waals surface area (Å²) in [5.74, 6) is 1.70. The number of ether oxygens (including phenoxy) is 1. The molecule has 0 spiro atoms. The molecule has 0 amide bonds. The van der Waals surface area contributed by atoms with Crippen LogP contribution in [0.5, 0.6) is 5.75 Å². The lowest BCUT2D eigenvalue weighted by Crippen LogP contribution is -2.29. The van der Waals surface area contributed by atoms with Crippen molar-refractivity contribution in [2.75, 3.05) is 6.61 Å². The molecule has 0 aliphatic heterocycles. The van der Waals surface area contributed by atoms with Crippen LogP contribution in [0.25, 0.3) is 0 Å². The van der Waals surface area contributed by atoms with Gasteiger partial charge in [0.15, 0.2) is 0 Å². The van der Waals surface area contributed by atoms with Gasteiger partial charge >= 0.3 is 0 Å². The lowest BCUT2D eigenvalue weighted by atomic mass is 9.93. The summed E-state index contributed by atoms with van der Waals surface area (Å²) in [6.07, 6.45) is 5.88. The average Bonchev–Trinajstić information content (AvgIpc) is 3.00. The van der Waals surface area contributed by atoms with Gasteiger partial charge in [0.05, 0.1) is 12.1 Å². The first-order valence-electron chi connectivity index (χ1n) is 7.62. The zero-order valence-corrected chi connectivity index (χ0v) is 12.2. The fourth-order valence-electron chi connectivity index (χ4n) is 3.79. The zero-order valence-electron chi connectivity index (χ0n) is 12.2. The Bertz CT molecular complexity index is 512. The topological polar surface area (TPSA) is 41.8 Å². The number of fused-ring (bicyclic) bond motifs is 2. The first-order valence-corrected chi connectivity index (χ1v) is 7.62. The number of aliphatic imine (C=N–C) groups is 1.